The number of methoxy groups -OCH3 is 1. The summed E-state index contributed by atoms with van der Waals surface area (Å²) in [6.45, 7) is 6.50. The number of piperidine rings is 2. The van der Waals surface area contributed by atoms with E-state index in [1.807, 2.05) is 18.7 Å². The van der Waals surface area contributed by atoms with Crippen molar-refractivity contribution in [1.29, 1.82) is 0 Å². The van der Waals surface area contributed by atoms with Crippen molar-refractivity contribution in [2.24, 2.45) is 5.92 Å². The first kappa shape index (κ1) is 23.9. The number of carbonyl (C=O) groups is 3. The minimum atomic E-state index is -0.585. The van der Waals surface area contributed by atoms with Gasteiger partial charge in [0, 0.05) is 37.8 Å². The Kier molecular flexibility index (Phi) is 8.36. The van der Waals surface area contributed by atoms with Crippen LogP contribution >= 0.6 is 0 Å². The lowest BCUT2D eigenvalue weighted by atomic mass is 9.88. The third-order valence-electron chi connectivity index (χ3n) is 6.28. The average Bonchev–Trinajstić information content (AvgIpc) is 2.82. The van der Waals surface area contributed by atoms with Crippen LogP contribution in [0.4, 0.5) is 4.79 Å². The van der Waals surface area contributed by atoms with Gasteiger partial charge in [0.05, 0.1) is 7.11 Å². The number of hydrogen-bond acceptors (Lipinski definition) is 4. The van der Waals surface area contributed by atoms with Crippen LogP contribution in [0.3, 0.4) is 0 Å². The van der Waals surface area contributed by atoms with Crippen LogP contribution in [0.1, 0.15) is 56.3 Å². The molecule has 3 rings (SSSR count). The predicted octanol–water partition coefficient (Wildman–Crippen LogP) is 2.64. The number of nitrogens with zero attached hydrogens (tertiary/aromatic N) is 2. The lowest BCUT2D eigenvalue weighted by Gasteiger charge is -2.38. The molecule has 4 amide bonds. The number of likely N-dealkylation sites (tertiary alicyclic amines) is 2. The van der Waals surface area contributed by atoms with Crippen LogP contribution in [-0.2, 0) is 4.79 Å². The van der Waals surface area contributed by atoms with E-state index in [9.17, 15) is 14.4 Å². The Labute approximate surface area is 190 Å². The number of benzene rings is 1. The van der Waals surface area contributed by atoms with Crippen molar-refractivity contribution < 1.29 is 19.1 Å². The standard InChI is InChI=1S/C24H36N4O4/c1-17(2)25-24(31)28-15-11-18(12-16-28)21(23(30)27-13-5-4-6-14-27)26-22(29)19-7-9-20(32-3)10-8-19/h7-10,17-18,21H,4-6,11-16H2,1-3H3,(H,25,31)(H,26,29)/t21-/m0/s1. The van der Waals surface area contributed by atoms with E-state index in [-0.39, 0.29) is 29.8 Å². The van der Waals surface area contributed by atoms with Gasteiger partial charge < -0.3 is 25.2 Å². The molecule has 2 aliphatic heterocycles. The first-order chi connectivity index (χ1) is 15.4. The van der Waals surface area contributed by atoms with Gasteiger partial charge in [0.2, 0.25) is 5.91 Å². The zero-order chi connectivity index (χ0) is 23.1. The molecule has 8 nitrogen and oxygen atoms in total. The van der Waals surface area contributed by atoms with Crippen molar-refractivity contribution in [2.45, 2.75) is 58.0 Å². The molecule has 0 aliphatic carbocycles. The van der Waals surface area contributed by atoms with Crippen LogP contribution in [-0.4, -0.2) is 73.0 Å². The number of rotatable bonds is 6. The molecule has 2 fully saturated rings. The molecule has 1 atom stereocenters. The molecule has 0 aromatic heterocycles. The Bertz CT molecular complexity index is 782. The van der Waals surface area contributed by atoms with Gasteiger partial charge in [0.1, 0.15) is 11.8 Å². The van der Waals surface area contributed by atoms with E-state index < -0.39 is 6.04 Å². The second-order valence-electron chi connectivity index (χ2n) is 8.99. The molecule has 0 bridgehead atoms. The number of urea groups is 1. The molecule has 2 N–H and O–H groups in total. The molecule has 2 saturated heterocycles. The summed E-state index contributed by atoms with van der Waals surface area (Å²) in [5, 5.41) is 5.95. The van der Waals surface area contributed by atoms with E-state index >= 15 is 0 Å². The van der Waals surface area contributed by atoms with Gasteiger partial charge in [-0.3, -0.25) is 9.59 Å². The van der Waals surface area contributed by atoms with E-state index in [1.165, 1.54) is 0 Å². The minimum absolute atomic E-state index is 0.00311. The number of nitrogens with one attached hydrogen (secondary N) is 2. The minimum Gasteiger partial charge on any atom is -0.497 e. The van der Waals surface area contributed by atoms with E-state index in [1.54, 1.807) is 36.3 Å². The quantitative estimate of drug-likeness (QED) is 0.706. The topological polar surface area (TPSA) is 91.0 Å². The highest BCUT2D eigenvalue weighted by atomic mass is 16.5. The Balaban J connectivity index is 1.70. The lowest BCUT2D eigenvalue weighted by Crippen LogP contribution is -2.56. The molecule has 0 saturated carbocycles. The molecule has 1 aromatic carbocycles. The van der Waals surface area contributed by atoms with Crippen LogP contribution in [0, 0.1) is 5.92 Å². The number of amides is 4. The summed E-state index contributed by atoms with van der Waals surface area (Å²) >= 11 is 0. The highest BCUT2D eigenvalue weighted by molar-refractivity contribution is 5.97. The average molecular weight is 445 g/mol. The zero-order valence-electron chi connectivity index (χ0n) is 19.4. The first-order valence-electron chi connectivity index (χ1n) is 11.7. The van der Waals surface area contributed by atoms with Crippen molar-refractivity contribution >= 4 is 17.8 Å². The second kappa shape index (κ2) is 11.2. The molecular weight excluding hydrogens is 408 g/mol. The van der Waals surface area contributed by atoms with Crippen molar-refractivity contribution in [3.8, 4) is 5.75 Å². The maximum absolute atomic E-state index is 13.4. The second-order valence-corrected chi connectivity index (χ2v) is 8.99. The fourth-order valence-electron chi connectivity index (χ4n) is 4.43. The summed E-state index contributed by atoms with van der Waals surface area (Å²) in [6, 6.07) is 6.31. The predicted molar refractivity (Wildman–Crippen MR) is 123 cm³/mol. The van der Waals surface area contributed by atoms with E-state index in [0.29, 0.717) is 37.2 Å². The van der Waals surface area contributed by atoms with Crippen molar-refractivity contribution in [3.05, 3.63) is 29.8 Å². The molecule has 0 radical (unpaired) electrons. The highest BCUT2D eigenvalue weighted by Gasteiger charge is 2.36. The smallest absolute Gasteiger partial charge is 0.317 e. The van der Waals surface area contributed by atoms with Crippen LogP contribution in [0.25, 0.3) is 0 Å². The maximum Gasteiger partial charge on any atom is 0.317 e. The van der Waals surface area contributed by atoms with Gasteiger partial charge in [-0.2, -0.15) is 0 Å². The van der Waals surface area contributed by atoms with Gasteiger partial charge in [0.25, 0.3) is 5.91 Å². The molecule has 0 spiro atoms. The fourth-order valence-corrected chi connectivity index (χ4v) is 4.43. The normalized spacial score (nSPS) is 18.2. The number of hydrogen-bond donors (Lipinski definition) is 2. The third kappa shape index (κ3) is 6.14. The summed E-state index contributed by atoms with van der Waals surface area (Å²) in [5.74, 6) is 0.406. The number of ether oxygens (including phenoxy) is 1. The summed E-state index contributed by atoms with van der Waals surface area (Å²) < 4.78 is 5.17. The molecular formula is C24H36N4O4. The van der Waals surface area contributed by atoms with Crippen LogP contribution in [0.15, 0.2) is 24.3 Å². The summed E-state index contributed by atoms with van der Waals surface area (Å²) in [4.78, 5) is 42.4. The number of carbonyl (C=O) groups excluding carboxylic acids is 3. The zero-order valence-corrected chi connectivity index (χ0v) is 19.4. The summed E-state index contributed by atoms with van der Waals surface area (Å²) in [7, 11) is 1.58. The molecule has 0 unspecified atom stereocenters. The molecule has 2 aliphatic rings. The summed E-state index contributed by atoms with van der Waals surface area (Å²) in [5.41, 5.74) is 0.496. The van der Waals surface area contributed by atoms with Crippen LogP contribution in [0.5, 0.6) is 5.75 Å². The van der Waals surface area contributed by atoms with Gasteiger partial charge in [-0.1, -0.05) is 0 Å². The lowest BCUT2D eigenvalue weighted by molar-refractivity contribution is -0.136. The van der Waals surface area contributed by atoms with Crippen molar-refractivity contribution in [3.63, 3.8) is 0 Å². The first-order valence-corrected chi connectivity index (χ1v) is 11.7. The van der Waals surface area contributed by atoms with Crippen LogP contribution < -0.4 is 15.4 Å². The molecule has 176 valence electrons. The van der Waals surface area contributed by atoms with E-state index in [0.717, 1.165) is 32.4 Å². The Hall–Kier alpha value is -2.77. The van der Waals surface area contributed by atoms with Gasteiger partial charge in [-0.15, -0.1) is 0 Å². The SMILES string of the molecule is COc1ccc(C(=O)N[C@H](C(=O)N2CCCCC2)C2CCN(C(=O)NC(C)C)CC2)cc1. The largest absolute Gasteiger partial charge is 0.497 e. The Morgan fingerprint density at radius 3 is 2.09 bits per heavy atom. The Morgan fingerprint density at radius 1 is 0.906 bits per heavy atom. The van der Waals surface area contributed by atoms with Gasteiger partial charge in [0.15, 0.2) is 0 Å². The summed E-state index contributed by atoms with van der Waals surface area (Å²) in [6.07, 6.45) is 4.49. The van der Waals surface area contributed by atoms with Crippen molar-refractivity contribution in [2.75, 3.05) is 33.3 Å². The van der Waals surface area contributed by atoms with Crippen LogP contribution in [0.2, 0.25) is 0 Å². The van der Waals surface area contributed by atoms with E-state index in [4.69, 9.17) is 4.74 Å². The van der Waals surface area contributed by atoms with E-state index in [2.05, 4.69) is 10.6 Å². The van der Waals surface area contributed by atoms with Gasteiger partial charge in [-0.25, -0.2) is 4.79 Å². The molecule has 2 heterocycles. The molecule has 32 heavy (non-hydrogen) atoms. The monoisotopic (exact) mass is 444 g/mol. The third-order valence-corrected chi connectivity index (χ3v) is 6.28. The maximum atomic E-state index is 13.4. The van der Waals surface area contributed by atoms with Crippen molar-refractivity contribution in [1.82, 2.24) is 20.4 Å². The Morgan fingerprint density at radius 2 is 1.53 bits per heavy atom. The fraction of sp³-hybridized carbons (Fsp3) is 0.625. The molecule has 1 aromatic rings. The van der Waals surface area contributed by atoms with Gasteiger partial charge >= 0.3 is 6.03 Å². The highest BCUT2D eigenvalue weighted by Crippen LogP contribution is 2.24. The van der Waals surface area contributed by atoms with Gasteiger partial charge in [-0.05, 0) is 76.1 Å². The molecule has 8 heteroatoms.